The molecular formula is C31H37N3O4. The fourth-order valence-electron chi connectivity index (χ4n) is 4.77. The van der Waals surface area contributed by atoms with Gasteiger partial charge in [0, 0.05) is 6.54 Å². The molecule has 0 aliphatic rings. The maximum atomic E-state index is 12.9. The van der Waals surface area contributed by atoms with Crippen LogP contribution in [0.1, 0.15) is 48.3 Å². The Hall–Kier alpha value is -4.00. The third-order valence-corrected chi connectivity index (χ3v) is 6.69. The third kappa shape index (κ3) is 6.28. The minimum atomic E-state index is -0.249. The van der Waals surface area contributed by atoms with E-state index in [0.717, 1.165) is 58.7 Å². The van der Waals surface area contributed by atoms with E-state index in [0.29, 0.717) is 18.1 Å². The Labute approximate surface area is 224 Å². The molecule has 200 valence electrons. The Morgan fingerprint density at radius 1 is 0.947 bits per heavy atom. The largest absolute Gasteiger partial charge is 0.493 e. The number of fused-ring (bicyclic) bond motifs is 1. The summed E-state index contributed by atoms with van der Waals surface area (Å²) in [6.07, 6.45) is 2.09. The zero-order chi connectivity index (χ0) is 27.1. The molecule has 0 aliphatic carbocycles. The first kappa shape index (κ1) is 27.0. The van der Waals surface area contributed by atoms with Crippen molar-refractivity contribution in [3.05, 3.63) is 83.2 Å². The fraction of sp³-hybridized carbons (Fsp3) is 0.355. The monoisotopic (exact) mass is 515 g/mol. The smallest absolute Gasteiger partial charge is 0.224 e. The van der Waals surface area contributed by atoms with E-state index in [1.165, 1.54) is 0 Å². The highest BCUT2D eigenvalue weighted by molar-refractivity contribution is 5.80. The summed E-state index contributed by atoms with van der Waals surface area (Å²) >= 11 is 0. The Morgan fingerprint density at radius 2 is 1.68 bits per heavy atom. The predicted molar refractivity (Wildman–Crippen MR) is 150 cm³/mol. The Kier molecular flexibility index (Phi) is 8.89. The highest BCUT2D eigenvalue weighted by Gasteiger charge is 2.19. The van der Waals surface area contributed by atoms with Crippen molar-refractivity contribution in [1.29, 1.82) is 0 Å². The topological polar surface area (TPSA) is 74.6 Å². The fourth-order valence-corrected chi connectivity index (χ4v) is 4.77. The first-order valence-electron chi connectivity index (χ1n) is 13.1. The maximum Gasteiger partial charge on any atom is 0.224 e. The van der Waals surface area contributed by atoms with Crippen LogP contribution in [0.25, 0.3) is 11.0 Å². The van der Waals surface area contributed by atoms with Crippen molar-refractivity contribution in [2.45, 2.75) is 52.6 Å². The van der Waals surface area contributed by atoms with Gasteiger partial charge < -0.3 is 24.1 Å². The standard InChI is InChI=1S/C31H37N3O4/c1-21-11-10-12-22(2)30(21)38-18-9-8-17-34-26-14-7-6-13-25(26)33-31(34)23(3)32-29(35)20-24-15-16-27(36-4)28(19-24)37-5/h6-7,10-16,19,23H,8-9,17-18,20H2,1-5H3,(H,32,35). The van der Waals surface area contributed by atoms with Gasteiger partial charge in [-0.2, -0.15) is 0 Å². The Morgan fingerprint density at radius 3 is 2.42 bits per heavy atom. The van der Waals surface area contributed by atoms with Gasteiger partial charge in [-0.05, 0) is 74.6 Å². The molecule has 0 saturated heterocycles. The first-order valence-corrected chi connectivity index (χ1v) is 13.1. The highest BCUT2D eigenvalue weighted by Crippen LogP contribution is 2.28. The van der Waals surface area contributed by atoms with Crippen LogP contribution in [0.5, 0.6) is 17.2 Å². The average Bonchev–Trinajstić information content (AvgIpc) is 3.28. The van der Waals surface area contributed by atoms with Crippen LogP contribution in [0, 0.1) is 13.8 Å². The second-order valence-corrected chi connectivity index (χ2v) is 9.54. The lowest BCUT2D eigenvalue weighted by atomic mass is 10.1. The van der Waals surface area contributed by atoms with Crippen molar-refractivity contribution in [3.8, 4) is 17.2 Å². The number of nitrogens with zero attached hydrogens (tertiary/aromatic N) is 2. The molecule has 1 unspecified atom stereocenters. The second kappa shape index (κ2) is 12.5. The van der Waals surface area contributed by atoms with Gasteiger partial charge in [-0.1, -0.05) is 36.4 Å². The predicted octanol–water partition coefficient (Wildman–Crippen LogP) is 5.95. The van der Waals surface area contributed by atoms with Gasteiger partial charge in [-0.3, -0.25) is 4.79 Å². The molecule has 1 amide bonds. The van der Waals surface area contributed by atoms with Crippen LogP contribution < -0.4 is 19.5 Å². The molecule has 0 radical (unpaired) electrons. The number of aryl methyl sites for hydroxylation is 3. The number of hydrogen-bond donors (Lipinski definition) is 1. The quantitative estimate of drug-likeness (QED) is 0.236. The van der Waals surface area contributed by atoms with Gasteiger partial charge in [-0.25, -0.2) is 4.98 Å². The van der Waals surface area contributed by atoms with Crippen LogP contribution in [0.3, 0.4) is 0 Å². The second-order valence-electron chi connectivity index (χ2n) is 9.54. The molecule has 7 heteroatoms. The van der Waals surface area contributed by atoms with Gasteiger partial charge in [0.2, 0.25) is 5.91 Å². The van der Waals surface area contributed by atoms with Crippen molar-refractivity contribution in [1.82, 2.24) is 14.9 Å². The van der Waals surface area contributed by atoms with E-state index in [4.69, 9.17) is 19.2 Å². The molecule has 7 nitrogen and oxygen atoms in total. The van der Waals surface area contributed by atoms with Crippen LogP contribution >= 0.6 is 0 Å². The molecule has 1 atom stereocenters. The van der Waals surface area contributed by atoms with Gasteiger partial charge in [0.15, 0.2) is 11.5 Å². The minimum absolute atomic E-state index is 0.0784. The molecule has 0 aliphatic heterocycles. The van der Waals surface area contributed by atoms with Crippen LogP contribution in [0.4, 0.5) is 0 Å². The van der Waals surface area contributed by atoms with Gasteiger partial charge in [0.25, 0.3) is 0 Å². The SMILES string of the molecule is COc1ccc(CC(=O)NC(C)c2nc3ccccc3n2CCCCOc2c(C)cccc2C)cc1OC. The highest BCUT2D eigenvalue weighted by atomic mass is 16.5. The summed E-state index contributed by atoms with van der Waals surface area (Å²) in [7, 11) is 3.18. The average molecular weight is 516 g/mol. The number of methoxy groups -OCH3 is 2. The number of nitrogens with one attached hydrogen (secondary N) is 1. The number of carbonyl (C=O) groups is 1. The number of carbonyl (C=O) groups excluding carboxylic acids is 1. The molecule has 0 saturated carbocycles. The number of hydrogen-bond acceptors (Lipinski definition) is 5. The number of aromatic nitrogens is 2. The van der Waals surface area contributed by atoms with E-state index in [9.17, 15) is 4.79 Å². The van der Waals surface area contributed by atoms with Crippen molar-refractivity contribution < 1.29 is 19.0 Å². The lowest BCUT2D eigenvalue weighted by Crippen LogP contribution is -2.30. The summed E-state index contributed by atoms with van der Waals surface area (Å²) < 4.78 is 19.0. The summed E-state index contributed by atoms with van der Waals surface area (Å²) in [6.45, 7) is 7.58. The van der Waals surface area contributed by atoms with Crippen LogP contribution in [0.2, 0.25) is 0 Å². The summed E-state index contributed by atoms with van der Waals surface area (Å²) in [4.78, 5) is 17.8. The van der Waals surface area contributed by atoms with Crippen molar-refractivity contribution in [3.63, 3.8) is 0 Å². The summed E-state index contributed by atoms with van der Waals surface area (Å²) in [5.74, 6) is 2.99. The Bertz CT molecular complexity index is 1380. The molecule has 4 aromatic rings. The molecule has 0 fully saturated rings. The zero-order valence-electron chi connectivity index (χ0n) is 22.9. The normalized spacial score (nSPS) is 11.8. The van der Waals surface area contributed by atoms with Crippen LogP contribution in [0.15, 0.2) is 60.7 Å². The number of amides is 1. The number of para-hydroxylation sites is 3. The van der Waals surface area contributed by atoms with E-state index >= 15 is 0 Å². The first-order chi connectivity index (χ1) is 18.4. The van der Waals surface area contributed by atoms with E-state index in [1.54, 1.807) is 14.2 Å². The third-order valence-electron chi connectivity index (χ3n) is 6.69. The van der Waals surface area contributed by atoms with Crippen LogP contribution in [-0.2, 0) is 17.8 Å². The number of benzene rings is 3. The van der Waals surface area contributed by atoms with Crippen molar-refractivity contribution in [2.75, 3.05) is 20.8 Å². The van der Waals surface area contributed by atoms with Gasteiger partial charge in [-0.15, -0.1) is 0 Å². The van der Waals surface area contributed by atoms with E-state index in [2.05, 4.69) is 48.0 Å². The zero-order valence-corrected chi connectivity index (χ0v) is 22.9. The molecule has 0 spiro atoms. The summed E-state index contributed by atoms with van der Waals surface area (Å²) in [6, 6.07) is 19.6. The molecule has 1 heterocycles. The van der Waals surface area contributed by atoms with Crippen LogP contribution in [-0.4, -0.2) is 36.3 Å². The van der Waals surface area contributed by atoms with Crippen molar-refractivity contribution in [2.24, 2.45) is 0 Å². The lowest BCUT2D eigenvalue weighted by molar-refractivity contribution is -0.121. The van der Waals surface area contributed by atoms with Gasteiger partial charge in [0.1, 0.15) is 11.6 Å². The molecule has 1 aromatic heterocycles. The summed E-state index contributed by atoms with van der Waals surface area (Å²) in [5, 5.41) is 3.13. The molecule has 3 aromatic carbocycles. The molecule has 4 rings (SSSR count). The van der Waals surface area contributed by atoms with E-state index in [1.807, 2.05) is 43.3 Å². The van der Waals surface area contributed by atoms with Crippen molar-refractivity contribution >= 4 is 16.9 Å². The molecule has 1 N–H and O–H groups in total. The molecule has 0 bridgehead atoms. The minimum Gasteiger partial charge on any atom is -0.493 e. The number of unbranched alkanes of at least 4 members (excludes halogenated alkanes) is 1. The Balaban J connectivity index is 1.40. The van der Waals surface area contributed by atoms with Gasteiger partial charge in [0.05, 0.1) is 44.3 Å². The molecular weight excluding hydrogens is 478 g/mol. The number of imidazole rings is 1. The summed E-state index contributed by atoms with van der Waals surface area (Å²) in [5.41, 5.74) is 5.16. The van der Waals surface area contributed by atoms with E-state index in [-0.39, 0.29) is 18.4 Å². The lowest BCUT2D eigenvalue weighted by Gasteiger charge is -2.17. The number of ether oxygens (including phenoxy) is 3. The molecule has 38 heavy (non-hydrogen) atoms. The van der Waals surface area contributed by atoms with E-state index < -0.39 is 0 Å². The maximum absolute atomic E-state index is 12.9. The van der Waals surface area contributed by atoms with Gasteiger partial charge >= 0.3 is 0 Å². The number of rotatable bonds is 12.